The molecule has 4 N–H and O–H groups in total. The van der Waals surface area contributed by atoms with Crippen molar-refractivity contribution in [2.24, 2.45) is 5.73 Å². The molecule has 28 heavy (non-hydrogen) atoms. The first-order valence-corrected chi connectivity index (χ1v) is 9.07. The van der Waals surface area contributed by atoms with Gasteiger partial charge in [-0.25, -0.2) is 4.98 Å². The highest BCUT2D eigenvalue weighted by molar-refractivity contribution is 5.39. The summed E-state index contributed by atoms with van der Waals surface area (Å²) >= 11 is 0. The normalized spacial score (nSPS) is 16.9. The fourth-order valence-electron chi connectivity index (χ4n) is 3.32. The number of nitrogens with one attached hydrogen (secondary N) is 1. The standard InChI is InChI=1S/C20H23F3N4O/c21-20(22,23)16-4-5-19(25-11-16)26-12-17(24)13-27-8-6-14(7-9-27)15-2-1-3-18(28)10-15/h1-5,10-12,14,28H,6-9,13,24H2,(H,25,26)/b17-12-. The Labute approximate surface area is 161 Å². The van der Waals surface area contributed by atoms with E-state index in [1.807, 2.05) is 18.2 Å². The maximum Gasteiger partial charge on any atom is 0.417 e. The molecule has 1 saturated heterocycles. The number of anilines is 1. The van der Waals surface area contributed by atoms with E-state index in [4.69, 9.17) is 5.73 Å². The zero-order valence-electron chi connectivity index (χ0n) is 15.3. The Morgan fingerprint density at radius 2 is 2.00 bits per heavy atom. The molecule has 1 fully saturated rings. The van der Waals surface area contributed by atoms with Crippen molar-refractivity contribution < 1.29 is 18.3 Å². The van der Waals surface area contributed by atoms with Crippen molar-refractivity contribution in [2.75, 3.05) is 25.0 Å². The van der Waals surface area contributed by atoms with E-state index < -0.39 is 11.7 Å². The van der Waals surface area contributed by atoms with E-state index in [2.05, 4.69) is 15.2 Å². The van der Waals surface area contributed by atoms with Crippen molar-refractivity contribution in [2.45, 2.75) is 24.9 Å². The Kier molecular flexibility index (Phi) is 6.08. The summed E-state index contributed by atoms with van der Waals surface area (Å²) in [6.45, 7) is 2.33. The molecule has 2 heterocycles. The molecule has 3 rings (SSSR count). The number of benzene rings is 1. The second kappa shape index (κ2) is 8.52. The maximum atomic E-state index is 12.5. The minimum atomic E-state index is -4.40. The Bertz CT molecular complexity index is 813. The summed E-state index contributed by atoms with van der Waals surface area (Å²) in [4.78, 5) is 5.98. The number of rotatable bonds is 5. The van der Waals surface area contributed by atoms with E-state index in [0.29, 0.717) is 24.0 Å². The highest BCUT2D eigenvalue weighted by Gasteiger charge is 2.30. The topological polar surface area (TPSA) is 74.4 Å². The van der Waals surface area contributed by atoms with Crippen LogP contribution in [0.1, 0.15) is 29.9 Å². The molecule has 0 bridgehead atoms. The second-order valence-corrected chi connectivity index (χ2v) is 6.94. The van der Waals surface area contributed by atoms with Crippen LogP contribution in [-0.4, -0.2) is 34.6 Å². The van der Waals surface area contributed by atoms with Gasteiger partial charge in [-0.05, 0) is 61.7 Å². The van der Waals surface area contributed by atoms with Crippen LogP contribution in [0.5, 0.6) is 5.75 Å². The van der Waals surface area contributed by atoms with Crippen LogP contribution in [0.25, 0.3) is 0 Å². The van der Waals surface area contributed by atoms with Gasteiger partial charge in [0.2, 0.25) is 0 Å². The summed E-state index contributed by atoms with van der Waals surface area (Å²) in [6.07, 6.45) is -0.0876. The van der Waals surface area contributed by atoms with Crippen molar-refractivity contribution in [3.05, 3.63) is 65.6 Å². The molecule has 0 unspecified atom stereocenters. The number of phenolic OH excluding ortho intramolecular Hbond substituents is 1. The maximum absolute atomic E-state index is 12.5. The number of pyridine rings is 1. The van der Waals surface area contributed by atoms with Crippen LogP contribution in [0.3, 0.4) is 0 Å². The third-order valence-electron chi connectivity index (χ3n) is 4.83. The second-order valence-electron chi connectivity index (χ2n) is 6.94. The van der Waals surface area contributed by atoms with E-state index in [9.17, 15) is 18.3 Å². The van der Waals surface area contributed by atoms with Gasteiger partial charge in [-0.1, -0.05) is 12.1 Å². The summed E-state index contributed by atoms with van der Waals surface area (Å²) in [5, 5.41) is 12.5. The van der Waals surface area contributed by atoms with E-state index in [0.717, 1.165) is 43.8 Å². The average molecular weight is 392 g/mol. The zero-order valence-corrected chi connectivity index (χ0v) is 15.3. The van der Waals surface area contributed by atoms with Crippen LogP contribution < -0.4 is 11.1 Å². The van der Waals surface area contributed by atoms with Crippen LogP contribution in [-0.2, 0) is 6.18 Å². The van der Waals surface area contributed by atoms with Gasteiger partial charge in [0.1, 0.15) is 11.6 Å². The van der Waals surface area contributed by atoms with Crippen LogP contribution in [0.4, 0.5) is 19.0 Å². The molecular formula is C20H23F3N4O. The van der Waals surface area contributed by atoms with Crippen LogP contribution in [0, 0.1) is 0 Å². The van der Waals surface area contributed by atoms with E-state index >= 15 is 0 Å². The number of nitrogens with two attached hydrogens (primary N) is 1. The first kappa shape index (κ1) is 20.0. The molecule has 0 amide bonds. The Morgan fingerprint density at radius 3 is 2.61 bits per heavy atom. The quantitative estimate of drug-likeness (QED) is 0.720. The number of hydrogen-bond donors (Lipinski definition) is 3. The molecule has 1 aromatic heterocycles. The average Bonchev–Trinajstić information content (AvgIpc) is 2.67. The Balaban J connectivity index is 1.48. The lowest BCUT2D eigenvalue weighted by Gasteiger charge is -2.32. The lowest BCUT2D eigenvalue weighted by molar-refractivity contribution is -0.137. The van der Waals surface area contributed by atoms with Crippen molar-refractivity contribution >= 4 is 5.82 Å². The SMILES string of the molecule is N/C(=C\Nc1ccc(C(F)(F)F)cn1)CN1CCC(c2cccc(O)c2)CC1. The lowest BCUT2D eigenvalue weighted by atomic mass is 9.89. The number of likely N-dealkylation sites (tertiary alicyclic amines) is 1. The predicted octanol–water partition coefficient (Wildman–Crippen LogP) is 3.90. The zero-order chi connectivity index (χ0) is 20.1. The monoisotopic (exact) mass is 392 g/mol. The number of phenols is 1. The lowest BCUT2D eigenvalue weighted by Crippen LogP contribution is -2.35. The first-order chi connectivity index (χ1) is 13.3. The summed E-state index contributed by atoms with van der Waals surface area (Å²) in [6, 6.07) is 9.63. The summed E-state index contributed by atoms with van der Waals surface area (Å²) in [5.74, 6) is 1.01. The molecule has 1 aliphatic heterocycles. The Morgan fingerprint density at radius 1 is 1.25 bits per heavy atom. The molecule has 150 valence electrons. The minimum absolute atomic E-state index is 0.287. The van der Waals surface area contributed by atoms with Crippen molar-refractivity contribution in [1.82, 2.24) is 9.88 Å². The smallest absolute Gasteiger partial charge is 0.417 e. The summed E-state index contributed by atoms with van der Waals surface area (Å²) < 4.78 is 37.6. The molecule has 0 spiro atoms. The summed E-state index contributed by atoms with van der Waals surface area (Å²) in [5.41, 5.74) is 6.98. The van der Waals surface area contributed by atoms with Crippen molar-refractivity contribution in [3.8, 4) is 5.75 Å². The highest BCUT2D eigenvalue weighted by atomic mass is 19.4. The summed E-state index contributed by atoms with van der Waals surface area (Å²) in [7, 11) is 0. The number of aromatic nitrogens is 1. The third-order valence-corrected chi connectivity index (χ3v) is 4.83. The van der Waals surface area contributed by atoms with Gasteiger partial charge in [0.15, 0.2) is 0 Å². The van der Waals surface area contributed by atoms with Crippen molar-refractivity contribution in [1.29, 1.82) is 0 Å². The molecule has 0 atom stereocenters. The molecule has 0 radical (unpaired) electrons. The van der Waals surface area contributed by atoms with Gasteiger partial charge in [0.05, 0.1) is 5.56 Å². The number of piperidine rings is 1. The van der Waals surface area contributed by atoms with Gasteiger partial charge in [0.25, 0.3) is 0 Å². The van der Waals surface area contributed by atoms with Gasteiger partial charge in [-0.3, -0.25) is 4.90 Å². The number of halogens is 3. The number of nitrogens with zero attached hydrogens (tertiary/aromatic N) is 2. The fourth-order valence-corrected chi connectivity index (χ4v) is 3.32. The highest BCUT2D eigenvalue weighted by Crippen LogP contribution is 2.30. The molecule has 0 saturated carbocycles. The Hall–Kier alpha value is -2.74. The van der Waals surface area contributed by atoms with Gasteiger partial charge >= 0.3 is 6.18 Å². The van der Waals surface area contributed by atoms with Gasteiger partial charge in [-0.15, -0.1) is 0 Å². The van der Waals surface area contributed by atoms with Gasteiger partial charge in [0, 0.05) is 24.6 Å². The molecule has 0 aliphatic carbocycles. The molecular weight excluding hydrogens is 369 g/mol. The molecule has 5 nitrogen and oxygen atoms in total. The van der Waals surface area contributed by atoms with E-state index in [1.165, 1.54) is 6.07 Å². The van der Waals surface area contributed by atoms with Gasteiger partial charge < -0.3 is 16.2 Å². The van der Waals surface area contributed by atoms with E-state index in [1.54, 1.807) is 12.3 Å². The third kappa shape index (κ3) is 5.39. The van der Waals surface area contributed by atoms with Crippen LogP contribution >= 0.6 is 0 Å². The number of alkyl halides is 3. The van der Waals surface area contributed by atoms with E-state index in [-0.39, 0.29) is 5.75 Å². The number of hydrogen-bond acceptors (Lipinski definition) is 5. The molecule has 8 heteroatoms. The number of aromatic hydroxyl groups is 1. The van der Waals surface area contributed by atoms with Crippen LogP contribution in [0.2, 0.25) is 0 Å². The van der Waals surface area contributed by atoms with Crippen LogP contribution in [0.15, 0.2) is 54.5 Å². The van der Waals surface area contributed by atoms with Gasteiger partial charge in [-0.2, -0.15) is 13.2 Å². The molecule has 2 aromatic rings. The predicted molar refractivity (Wildman–Crippen MR) is 102 cm³/mol. The first-order valence-electron chi connectivity index (χ1n) is 9.07. The minimum Gasteiger partial charge on any atom is -0.508 e. The largest absolute Gasteiger partial charge is 0.508 e. The molecule has 1 aliphatic rings. The van der Waals surface area contributed by atoms with Crippen molar-refractivity contribution in [3.63, 3.8) is 0 Å². The molecule has 1 aromatic carbocycles. The fraction of sp³-hybridized carbons (Fsp3) is 0.350.